The molecule has 1 aromatic heterocycles. The lowest BCUT2D eigenvalue weighted by atomic mass is 10.1. The van der Waals surface area contributed by atoms with Gasteiger partial charge >= 0.3 is 0 Å². The van der Waals surface area contributed by atoms with Crippen LogP contribution in [0, 0.1) is 42.9 Å². The molecule has 0 N–H and O–H groups in total. The van der Waals surface area contributed by atoms with Gasteiger partial charge in [0.2, 0.25) is 5.82 Å². The van der Waals surface area contributed by atoms with Crippen LogP contribution in [0.4, 0.5) is 27.6 Å². The molecule has 3 aromatic rings. The molecule has 33 heavy (non-hydrogen) atoms. The van der Waals surface area contributed by atoms with E-state index in [4.69, 9.17) is 0 Å². The van der Waals surface area contributed by atoms with Crippen molar-refractivity contribution in [3.63, 3.8) is 0 Å². The van der Waals surface area contributed by atoms with Crippen molar-refractivity contribution in [2.75, 3.05) is 5.01 Å². The Hall–Kier alpha value is -3.27. The average molecular weight is 524 g/mol. The number of halogens is 6. The molecule has 0 fully saturated rings. The van der Waals surface area contributed by atoms with Gasteiger partial charge in [0.1, 0.15) is 5.69 Å². The third-order valence-corrected chi connectivity index (χ3v) is 5.84. The number of aryl methyl sites for hydroxylation is 1. The molecule has 0 aliphatic carbocycles. The fourth-order valence-corrected chi connectivity index (χ4v) is 3.96. The number of carbonyl (C=O) groups is 1. The number of nitrogens with zero attached hydrogens (tertiary/aromatic N) is 3. The van der Waals surface area contributed by atoms with Gasteiger partial charge in [0.25, 0.3) is 5.91 Å². The quantitative estimate of drug-likeness (QED) is 0.170. The molecular weight excluding hydrogens is 509 g/mol. The SMILES string of the molecule is CC1=NN(c2c(F)c(F)c(F)c(F)c2F)C(=O)/C1=C\c1cc(C)n(-c2ccc(Br)cc2)c1C. The van der Waals surface area contributed by atoms with Crippen LogP contribution in [-0.4, -0.2) is 16.2 Å². The second kappa shape index (κ2) is 8.26. The van der Waals surface area contributed by atoms with Crippen molar-refractivity contribution in [3.8, 4) is 5.69 Å². The minimum absolute atomic E-state index is 0.0324. The maximum Gasteiger partial charge on any atom is 0.280 e. The van der Waals surface area contributed by atoms with Gasteiger partial charge in [-0.15, -0.1) is 0 Å². The highest BCUT2D eigenvalue weighted by Crippen LogP contribution is 2.34. The molecule has 0 bridgehead atoms. The van der Waals surface area contributed by atoms with Gasteiger partial charge in [-0.25, -0.2) is 22.0 Å². The number of rotatable bonds is 3. The van der Waals surface area contributed by atoms with Crippen molar-refractivity contribution in [3.05, 3.63) is 86.4 Å². The first-order valence-electron chi connectivity index (χ1n) is 9.61. The Morgan fingerprint density at radius 3 is 2.00 bits per heavy atom. The minimum atomic E-state index is -2.31. The first kappa shape index (κ1) is 22.9. The monoisotopic (exact) mass is 523 g/mol. The van der Waals surface area contributed by atoms with Crippen LogP contribution < -0.4 is 5.01 Å². The average Bonchev–Trinajstić information content (AvgIpc) is 3.21. The number of hydrogen-bond acceptors (Lipinski definition) is 2. The summed E-state index contributed by atoms with van der Waals surface area (Å²) in [6.45, 7) is 5.11. The predicted octanol–water partition coefficient (Wildman–Crippen LogP) is 6.36. The zero-order valence-corrected chi connectivity index (χ0v) is 19.1. The summed E-state index contributed by atoms with van der Waals surface area (Å²) in [7, 11) is 0. The van der Waals surface area contributed by atoms with E-state index in [2.05, 4.69) is 21.0 Å². The minimum Gasteiger partial charge on any atom is -0.318 e. The highest BCUT2D eigenvalue weighted by molar-refractivity contribution is 9.10. The second-order valence-corrected chi connectivity index (χ2v) is 8.33. The Kier molecular flexibility index (Phi) is 5.73. The molecule has 4 nitrogen and oxygen atoms in total. The summed E-state index contributed by atoms with van der Waals surface area (Å²) >= 11 is 3.38. The van der Waals surface area contributed by atoms with Crippen molar-refractivity contribution in [2.45, 2.75) is 20.8 Å². The molecule has 1 aliphatic heterocycles. The third-order valence-electron chi connectivity index (χ3n) is 5.32. The van der Waals surface area contributed by atoms with E-state index in [0.29, 0.717) is 5.56 Å². The fourth-order valence-electron chi connectivity index (χ4n) is 3.69. The van der Waals surface area contributed by atoms with E-state index in [9.17, 15) is 26.7 Å². The van der Waals surface area contributed by atoms with Gasteiger partial charge in [0, 0.05) is 21.5 Å². The van der Waals surface area contributed by atoms with E-state index >= 15 is 0 Å². The summed E-state index contributed by atoms with van der Waals surface area (Å²) in [6.07, 6.45) is 1.48. The molecule has 0 spiro atoms. The van der Waals surface area contributed by atoms with E-state index in [-0.39, 0.29) is 16.3 Å². The number of hydrogen-bond donors (Lipinski definition) is 0. The van der Waals surface area contributed by atoms with Gasteiger partial charge in [-0.2, -0.15) is 10.1 Å². The number of hydrazone groups is 1. The Balaban J connectivity index is 1.78. The first-order chi connectivity index (χ1) is 15.5. The molecule has 0 saturated carbocycles. The Bertz CT molecular complexity index is 1350. The summed E-state index contributed by atoms with van der Waals surface area (Å²) < 4.78 is 72.0. The highest BCUT2D eigenvalue weighted by Gasteiger charge is 2.37. The van der Waals surface area contributed by atoms with Gasteiger partial charge in [0.05, 0.1) is 11.3 Å². The molecule has 10 heteroatoms. The lowest BCUT2D eigenvalue weighted by Gasteiger charge is -2.15. The molecule has 0 unspecified atom stereocenters. The summed E-state index contributed by atoms with van der Waals surface area (Å²) in [5.74, 6) is -11.9. The summed E-state index contributed by atoms with van der Waals surface area (Å²) in [5, 5.41) is 3.96. The van der Waals surface area contributed by atoms with Crippen LogP contribution in [0.3, 0.4) is 0 Å². The molecule has 1 aliphatic rings. The van der Waals surface area contributed by atoms with E-state index in [1.165, 1.54) is 13.0 Å². The lowest BCUT2D eigenvalue weighted by Crippen LogP contribution is -2.25. The summed E-state index contributed by atoms with van der Waals surface area (Å²) in [6, 6.07) is 9.38. The Morgan fingerprint density at radius 2 is 1.42 bits per heavy atom. The van der Waals surface area contributed by atoms with Crippen molar-refractivity contribution >= 4 is 39.3 Å². The van der Waals surface area contributed by atoms with Gasteiger partial charge in [-0.3, -0.25) is 4.79 Å². The van der Waals surface area contributed by atoms with E-state index < -0.39 is 40.7 Å². The molecule has 4 rings (SSSR count). The molecule has 0 saturated heterocycles. The molecule has 2 heterocycles. The number of amides is 1. The van der Waals surface area contributed by atoms with Gasteiger partial charge < -0.3 is 4.57 Å². The van der Waals surface area contributed by atoms with Crippen LogP contribution in [0.25, 0.3) is 11.8 Å². The number of anilines is 1. The third kappa shape index (κ3) is 3.68. The molecule has 0 atom stereocenters. The van der Waals surface area contributed by atoms with Crippen LogP contribution >= 0.6 is 15.9 Å². The number of carbonyl (C=O) groups excluding carboxylic acids is 1. The van der Waals surface area contributed by atoms with Crippen molar-refractivity contribution in [2.24, 2.45) is 5.10 Å². The highest BCUT2D eigenvalue weighted by atomic mass is 79.9. The van der Waals surface area contributed by atoms with Gasteiger partial charge in [-0.1, -0.05) is 15.9 Å². The lowest BCUT2D eigenvalue weighted by molar-refractivity contribution is -0.114. The smallest absolute Gasteiger partial charge is 0.280 e. The van der Waals surface area contributed by atoms with Crippen LogP contribution in [-0.2, 0) is 4.79 Å². The maximum absolute atomic E-state index is 14.2. The van der Waals surface area contributed by atoms with Crippen molar-refractivity contribution < 1.29 is 26.7 Å². The van der Waals surface area contributed by atoms with Crippen LogP contribution in [0.1, 0.15) is 23.9 Å². The predicted molar refractivity (Wildman–Crippen MR) is 118 cm³/mol. The van der Waals surface area contributed by atoms with Crippen molar-refractivity contribution in [1.82, 2.24) is 4.57 Å². The largest absolute Gasteiger partial charge is 0.318 e. The van der Waals surface area contributed by atoms with E-state index in [1.807, 2.05) is 48.7 Å². The summed E-state index contributed by atoms with van der Waals surface area (Å²) in [5.41, 5.74) is 1.76. The molecule has 0 radical (unpaired) electrons. The maximum atomic E-state index is 14.2. The van der Waals surface area contributed by atoms with Crippen molar-refractivity contribution in [1.29, 1.82) is 0 Å². The topological polar surface area (TPSA) is 37.6 Å². The zero-order valence-electron chi connectivity index (χ0n) is 17.5. The standard InChI is InChI=1S/C23H15BrF5N3O/c1-10-8-13(12(3)31(10)15-6-4-14(24)5-7-15)9-16-11(2)30-32(23(16)33)22-20(28)18(26)17(25)19(27)21(22)29/h4-9H,1-3H3/b16-9-. The molecular formula is C23H15BrF5N3O. The second-order valence-electron chi connectivity index (χ2n) is 7.42. The number of aromatic nitrogens is 1. The normalized spacial score (nSPS) is 15.1. The molecule has 1 amide bonds. The Labute approximate surface area is 193 Å². The van der Waals surface area contributed by atoms with Crippen LogP contribution in [0.15, 0.2) is 45.5 Å². The summed E-state index contributed by atoms with van der Waals surface area (Å²) in [4.78, 5) is 12.9. The zero-order chi connectivity index (χ0) is 24.2. The van der Waals surface area contributed by atoms with E-state index in [1.54, 1.807) is 0 Å². The van der Waals surface area contributed by atoms with Gasteiger partial charge in [0.15, 0.2) is 23.3 Å². The van der Waals surface area contributed by atoms with E-state index in [0.717, 1.165) is 21.5 Å². The number of benzene rings is 2. The Morgan fingerprint density at radius 1 is 0.879 bits per heavy atom. The van der Waals surface area contributed by atoms with Crippen LogP contribution in [0.5, 0.6) is 0 Å². The molecule has 170 valence electrons. The van der Waals surface area contributed by atoms with Gasteiger partial charge in [-0.05, 0) is 62.7 Å². The first-order valence-corrected chi connectivity index (χ1v) is 10.4. The van der Waals surface area contributed by atoms with Crippen LogP contribution in [0.2, 0.25) is 0 Å². The fraction of sp³-hybridized carbons (Fsp3) is 0.130. The molecule has 2 aromatic carbocycles.